The van der Waals surface area contributed by atoms with Crippen LogP contribution in [0.1, 0.15) is 25.1 Å². The lowest BCUT2D eigenvalue weighted by Gasteiger charge is -1.94. The predicted octanol–water partition coefficient (Wildman–Crippen LogP) is 3.76. The number of aromatic amines is 1. The first-order valence-electron chi connectivity index (χ1n) is 5.09. The molecule has 0 radical (unpaired) electrons. The molecule has 0 amide bonds. The fourth-order valence-corrected chi connectivity index (χ4v) is 1.86. The molecule has 0 aliphatic heterocycles. The van der Waals surface area contributed by atoms with Crippen molar-refractivity contribution in [3.63, 3.8) is 0 Å². The molecule has 1 heteroatoms. The summed E-state index contributed by atoms with van der Waals surface area (Å²) in [5, 5.41) is 1.32. The monoisotopic (exact) mass is 185 g/mol. The third kappa shape index (κ3) is 1.35. The van der Waals surface area contributed by atoms with E-state index in [1.807, 2.05) is 0 Å². The molecule has 1 nitrogen and oxygen atoms in total. The summed E-state index contributed by atoms with van der Waals surface area (Å²) in [5.41, 5.74) is 3.90. The molecule has 72 valence electrons. The Balaban J connectivity index is 2.74. The highest BCUT2D eigenvalue weighted by molar-refractivity contribution is 5.90. The molecular weight excluding hydrogens is 170 g/mol. The molecule has 0 atom stereocenters. The van der Waals surface area contributed by atoms with Gasteiger partial charge in [-0.2, -0.15) is 0 Å². The second-order valence-corrected chi connectivity index (χ2v) is 3.42. The van der Waals surface area contributed by atoms with Crippen molar-refractivity contribution in [1.29, 1.82) is 0 Å². The fourth-order valence-electron chi connectivity index (χ4n) is 1.86. The van der Waals surface area contributed by atoms with E-state index in [1.54, 1.807) is 0 Å². The van der Waals surface area contributed by atoms with E-state index in [1.165, 1.54) is 22.2 Å². The lowest BCUT2D eigenvalue weighted by molar-refractivity contribution is 1.07. The predicted molar refractivity (Wildman–Crippen MR) is 62.4 cm³/mol. The van der Waals surface area contributed by atoms with Crippen molar-refractivity contribution in [1.82, 2.24) is 4.98 Å². The molecule has 2 aromatic rings. The van der Waals surface area contributed by atoms with Gasteiger partial charge < -0.3 is 4.98 Å². The average molecular weight is 185 g/mol. The van der Waals surface area contributed by atoms with Gasteiger partial charge in [0.15, 0.2) is 0 Å². The number of benzene rings is 1. The largest absolute Gasteiger partial charge is 0.358 e. The van der Waals surface area contributed by atoms with Gasteiger partial charge in [0, 0.05) is 22.2 Å². The van der Waals surface area contributed by atoms with Crippen LogP contribution in [0.5, 0.6) is 0 Å². The van der Waals surface area contributed by atoms with Crippen LogP contribution in [0.4, 0.5) is 0 Å². The normalized spacial score (nSPS) is 11.6. The van der Waals surface area contributed by atoms with E-state index in [0.717, 1.165) is 6.42 Å². The van der Waals surface area contributed by atoms with E-state index in [9.17, 15) is 0 Å². The molecule has 14 heavy (non-hydrogen) atoms. The smallest absolute Gasteiger partial charge is 0.0462 e. The van der Waals surface area contributed by atoms with E-state index in [-0.39, 0.29) is 0 Å². The molecule has 1 aromatic heterocycles. The van der Waals surface area contributed by atoms with Crippen molar-refractivity contribution >= 4 is 17.0 Å². The summed E-state index contributed by atoms with van der Waals surface area (Å²) < 4.78 is 0. The van der Waals surface area contributed by atoms with Gasteiger partial charge in [0.2, 0.25) is 0 Å². The number of rotatable bonds is 2. The van der Waals surface area contributed by atoms with Crippen LogP contribution in [0.15, 0.2) is 30.3 Å². The zero-order chi connectivity index (χ0) is 9.97. The van der Waals surface area contributed by atoms with Crippen LogP contribution >= 0.6 is 0 Å². The maximum Gasteiger partial charge on any atom is 0.0462 e. The van der Waals surface area contributed by atoms with Gasteiger partial charge in [-0.15, -0.1) is 0 Å². The maximum absolute atomic E-state index is 3.45. The highest BCUT2D eigenvalue weighted by Gasteiger charge is 2.05. The Morgan fingerprint density at radius 1 is 1.29 bits per heavy atom. The highest BCUT2D eigenvalue weighted by atomic mass is 14.7. The lowest BCUT2D eigenvalue weighted by atomic mass is 10.1. The summed E-state index contributed by atoms with van der Waals surface area (Å²) in [6.07, 6.45) is 5.32. The first-order chi connectivity index (χ1) is 6.86. The van der Waals surface area contributed by atoms with E-state index >= 15 is 0 Å². The second kappa shape index (κ2) is 3.70. The van der Waals surface area contributed by atoms with Crippen LogP contribution < -0.4 is 0 Å². The number of aryl methyl sites for hydroxylation is 1. The summed E-state index contributed by atoms with van der Waals surface area (Å²) in [6, 6.07) is 8.45. The third-order valence-corrected chi connectivity index (χ3v) is 2.51. The summed E-state index contributed by atoms with van der Waals surface area (Å²) in [6.45, 7) is 4.24. The van der Waals surface area contributed by atoms with Gasteiger partial charge in [0.1, 0.15) is 0 Å². The van der Waals surface area contributed by atoms with Gasteiger partial charge in [0.05, 0.1) is 0 Å². The minimum Gasteiger partial charge on any atom is -0.358 e. The Hall–Kier alpha value is -1.50. The van der Waals surface area contributed by atoms with Crippen molar-refractivity contribution in [2.24, 2.45) is 0 Å². The van der Waals surface area contributed by atoms with E-state index < -0.39 is 0 Å². The van der Waals surface area contributed by atoms with Crippen molar-refractivity contribution in [3.05, 3.63) is 41.6 Å². The summed E-state index contributed by atoms with van der Waals surface area (Å²) in [5.74, 6) is 0. The summed E-state index contributed by atoms with van der Waals surface area (Å²) in [4.78, 5) is 3.45. The molecule has 0 saturated heterocycles. The minimum absolute atomic E-state index is 1.05. The quantitative estimate of drug-likeness (QED) is 0.733. The fraction of sp³-hybridized carbons (Fsp3) is 0.231. The number of hydrogen-bond donors (Lipinski definition) is 1. The summed E-state index contributed by atoms with van der Waals surface area (Å²) in [7, 11) is 0. The topological polar surface area (TPSA) is 15.8 Å². The zero-order valence-corrected chi connectivity index (χ0v) is 8.67. The SMILES string of the molecule is C/C=C\c1c(CC)[nH]c2ccccc12. The van der Waals surface area contributed by atoms with Gasteiger partial charge in [-0.05, 0) is 19.4 Å². The number of fused-ring (bicyclic) bond motifs is 1. The van der Waals surface area contributed by atoms with Gasteiger partial charge >= 0.3 is 0 Å². The molecule has 0 aliphatic rings. The second-order valence-electron chi connectivity index (χ2n) is 3.42. The zero-order valence-electron chi connectivity index (χ0n) is 8.67. The molecule has 0 spiro atoms. The van der Waals surface area contributed by atoms with E-state index in [0.29, 0.717) is 0 Å². The highest BCUT2D eigenvalue weighted by Crippen LogP contribution is 2.23. The lowest BCUT2D eigenvalue weighted by Crippen LogP contribution is -1.81. The molecule has 0 saturated carbocycles. The van der Waals surface area contributed by atoms with E-state index in [4.69, 9.17) is 0 Å². The number of aromatic nitrogens is 1. The van der Waals surface area contributed by atoms with Gasteiger partial charge in [0.25, 0.3) is 0 Å². The van der Waals surface area contributed by atoms with Crippen molar-refractivity contribution in [3.8, 4) is 0 Å². The van der Waals surface area contributed by atoms with Crippen LogP contribution in [-0.2, 0) is 6.42 Å². The first-order valence-corrected chi connectivity index (χ1v) is 5.09. The van der Waals surface area contributed by atoms with Crippen LogP contribution in [0, 0.1) is 0 Å². The number of allylic oxidation sites excluding steroid dienone is 1. The summed E-state index contributed by atoms with van der Waals surface area (Å²) >= 11 is 0. The van der Waals surface area contributed by atoms with Crippen molar-refractivity contribution in [2.45, 2.75) is 20.3 Å². The molecule has 0 bridgehead atoms. The van der Waals surface area contributed by atoms with Gasteiger partial charge in [-0.1, -0.05) is 37.3 Å². The standard InChI is InChI=1S/C13H15N/c1-3-7-10-11-8-5-6-9-13(11)14-12(10)4-2/h3,5-9,14H,4H2,1-2H3/b7-3-. The van der Waals surface area contributed by atoms with Crippen LogP contribution in [0.3, 0.4) is 0 Å². The Labute approximate surface area is 84.5 Å². The Morgan fingerprint density at radius 3 is 2.79 bits per heavy atom. The van der Waals surface area contributed by atoms with Crippen LogP contribution in [0.25, 0.3) is 17.0 Å². The Morgan fingerprint density at radius 2 is 2.07 bits per heavy atom. The van der Waals surface area contributed by atoms with Crippen LogP contribution in [0.2, 0.25) is 0 Å². The molecule has 0 aliphatic carbocycles. The number of H-pyrrole nitrogens is 1. The maximum atomic E-state index is 3.45. The minimum atomic E-state index is 1.05. The molecule has 1 heterocycles. The number of hydrogen-bond acceptors (Lipinski definition) is 0. The average Bonchev–Trinajstić information content (AvgIpc) is 2.58. The molecular formula is C13H15N. The number of nitrogens with one attached hydrogen (secondary N) is 1. The number of para-hydroxylation sites is 1. The van der Waals surface area contributed by atoms with Crippen molar-refractivity contribution in [2.75, 3.05) is 0 Å². The Kier molecular flexibility index (Phi) is 2.40. The van der Waals surface area contributed by atoms with Crippen LogP contribution in [-0.4, -0.2) is 4.98 Å². The van der Waals surface area contributed by atoms with Gasteiger partial charge in [-0.3, -0.25) is 0 Å². The van der Waals surface area contributed by atoms with Crippen molar-refractivity contribution < 1.29 is 0 Å². The van der Waals surface area contributed by atoms with E-state index in [2.05, 4.69) is 55.2 Å². The Bertz CT molecular complexity index is 463. The molecule has 0 unspecified atom stereocenters. The van der Waals surface area contributed by atoms with Gasteiger partial charge in [-0.25, -0.2) is 0 Å². The molecule has 1 aromatic carbocycles. The molecule has 0 fully saturated rings. The first kappa shape index (κ1) is 9.07. The third-order valence-electron chi connectivity index (χ3n) is 2.51. The molecule has 1 N–H and O–H groups in total. The molecule has 2 rings (SSSR count).